The second kappa shape index (κ2) is 6.94. The molecule has 0 saturated carbocycles. The highest BCUT2D eigenvalue weighted by Crippen LogP contribution is 2.35. The summed E-state index contributed by atoms with van der Waals surface area (Å²) in [5.74, 6) is 0.000368. The largest absolute Gasteiger partial charge is 0.376 e. The minimum absolute atomic E-state index is 0.000368. The molecule has 0 bridgehead atoms. The van der Waals surface area contributed by atoms with Crippen LogP contribution >= 0.6 is 12.2 Å². The monoisotopic (exact) mass is 352 g/mol. The van der Waals surface area contributed by atoms with Crippen molar-refractivity contribution in [3.05, 3.63) is 66.2 Å². The molecule has 4 nitrogen and oxygen atoms in total. The van der Waals surface area contributed by atoms with Crippen LogP contribution in [0.2, 0.25) is 0 Å². The number of nitrogens with zero attached hydrogens (tertiary/aromatic N) is 2. The van der Waals surface area contributed by atoms with Crippen LogP contribution in [-0.4, -0.2) is 35.2 Å². The molecule has 2 saturated heterocycles. The summed E-state index contributed by atoms with van der Waals surface area (Å²) in [6.45, 7) is 1.44. The number of carbonyl (C=O) groups excluding carboxylic acids is 1. The summed E-state index contributed by atoms with van der Waals surface area (Å²) in [4.78, 5) is 16.9. The van der Waals surface area contributed by atoms with Crippen LogP contribution in [0.1, 0.15) is 24.4 Å². The maximum atomic E-state index is 13.3. The fourth-order valence-corrected chi connectivity index (χ4v) is 3.93. The Morgan fingerprint density at radius 1 is 1.04 bits per heavy atom. The zero-order valence-electron chi connectivity index (χ0n) is 13.9. The highest BCUT2D eigenvalue weighted by Gasteiger charge is 2.44. The van der Waals surface area contributed by atoms with E-state index in [9.17, 15) is 4.79 Å². The molecule has 0 radical (unpaired) electrons. The predicted molar refractivity (Wildman–Crippen MR) is 101 cm³/mol. The molecule has 0 aromatic heterocycles. The van der Waals surface area contributed by atoms with E-state index in [1.54, 1.807) is 4.90 Å². The Kier molecular flexibility index (Phi) is 4.51. The van der Waals surface area contributed by atoms with Crippen molar-refractivity contribution in [1.29, 1.82) is 0 Å². The Hall–Kier alpha value is -2.24. The summed E-state index contributed by atoms with van der Waals surface area (Å²) in [6.07, 6.45) is 2.21. The maximum Gasteiger partial charge on any atom is 0.260 e. The van der Waals surface area contributed by atoms with Crippen LogP contribution in [0.15, 0.2) is 60.7 Å². The first-order chi connectivity index (χ1) is 12.3. The van der Waals surface area contributed by atoms with Gasteiger partial charge in [0.1, 0.15) is 6.04 Å². The molecule has 0 aliphatic carbocycles. The highest BCUT2D eigenvalue weighted by atomic mass is 32.1. The number of amides is 1. The summed E-state index contributed by atoms with van der Waals surface area (Å²) in [7, 11) is 0. The lowest BCUT2D eigenvalue weighted by Gasteiger charge is -2.26. The number of ether oxygens (including phenoxy) is 1. The fraction of sp³-hybridized carbons (Fsp3) is 0.300. The minimum atomic E-state index is -0.391. The van der Waals surface area contributed by atoms with Crippen molar-refractivity contribution in [3.63, 3.8) is 0 Å². The van der Waals surface area contributed by atoms with E-state index < -0.39 is 6.04 Å². The number of benzene rings is 2. The van der Waals surface area contributed by atoms with Gasteiger partial charge in [0.2, 0.25) is 0 Å². The van der Waals surface area contributed by atoms with Crippen molar-refractivity contribution in [1.82, 2.24) is 4.90 Å². The lowest BCUT2D eigenvalue weighted by atomic mass is 10.1. The molecule has 0 unspecified atom stereocenters. The molecule has 2 aromatic rings. The van der Waals surface area contributed by atoms with E-state index >= 15 is 0 Å². The van der Waals surface area contributed by atoms with E-state index in [2.05, 4.69) is 0 Å². The van der Waals surface area contributed by atoms with Gasteiger partial charge >= 0.3 is 0 Å². The Morgan fingerprint density at radius 3 is 2.36 bits per heavy atom. The van der Waals surface area contributed by atoms with E-state index in [0.717, 1.165) is 30.7 Å². The smallest absolute Gasteiger partial charge is 0.260 e. The lowest BCUT2D eigenvalue weighted by Crippen LogP contribution is -2.37. The molecule has 0 N–H and O–H groups in total. The van der Waals surface area contributed by atoms with Crippen molar-refractivity contribution >= 4 is 28.9 Å². The summed E-state index contributed by atoms with van der Waals surface area (Å²) in [6, 6.07) is 19.1. The van der Waals surface area contributed by atoms with Gasteiger partial charge in [-0.15, -0.1) is 0 Å². The van der Waals surface area contributed by atoms with Gasteiger partial charge in [0.05, 0.1) is 11.8 Å². The van der Waals surface area contributed by atoms with Crippen molar-refractivity contribution in [3.8, 4) is 0 Å². The summed E-state index contributed by atoms with van der Waals surface area (Å²) in [5, 5.41) is 0.556. The third-order valence-electron chi connectivity index (χ3n) is 4.76. The Balaban J connectivity index is 1.70. The molecule has 2 aliphatic heterocycles. The Labute approximate surface area is 153 Å². The van der Waals surface area contributed by atoms with Crippen LogP contribution < -0.4 is 4.90 Å². The molecule has 4 rings (SSSR count). The molecule has 2 atom stereocenters. The molecule has 0 spiro atoms. The molecule has 25 heavy (non-hydrogen) atoms. The molecule has 1 amide bonds. The summed E-state index contributed by atoms with van der Waals surface area (Å²) in [5.41, 5.74) is 1.78. The number of thiocarbonyl (C=S) groups is 1. The number of para-hydroxylation sites is 1. The van der Waals surface area contributed by atoms with Crippen molar-refractivity contribution in [2.45, 2.75) is 25.0 Å². The van der Waals surface area contributed by atoms with E-state index in [4.69, 9.17) is 17.0 Å². The van der Waals surface area contributed by atoms with Gasteiger partial charge in [0.25, 0.3) is 5.91 Å². The van der Waals surface area contributed by atoms with Gasteiger partial charge in [0, 0.05) is 13.2 Å². The number of anilines is 1. The molecular weight excluding hydrogens is 332 g/mol. The van der Waals surface area contributed by atoms with E-state index in [1.807, 2.05) is 65.6 Å². The number of hydrogen-bond donors (Lipinski definition) is 0. The third kappa shape index (κ3) is 3.05. The topological polar surface area (TPSA) is 32.8 Å². The molecular formula is C20H20N2O2S. The van der Waals surface area contributed by atoms with Crippen molar-refractivity contribution in [2.75, 3.05) is 18.1 Å². The molecule has 2 aromatic carbocycles. The van der Waals surface area contributed by atoms with Gasteiger partial charge < -0.3 is 9.64 Å². The predicted octanol–water partition coefficient (Wildman–Crippen LogP) is 3.54. The second-order valence-corrected chi connectivity index (χ2v) is 6.76. The zero-order valence-corrected chi connectivity index (χ0v) is 14.7. The van der Waals surface area contributed by atoms with E-state index in [0.29, 0.717) is 11.7 Å². The molecule has 128 valence electrons. The van der Waals surface area contributed by atoms with Crippen molar-refractivity contribution < 1.29 is 9.53 Å². The minimum Gasteiger partial charge on any atom is -0.376 e. The molecule has 2 fully saturated rings. The van der Waals surface area contributed by atoms with Gasteiger partial charge in [-0.2, -0.15) is 0 Å². The lowest BCUT2D eigenvalue weighted by molar-refractivity contribution is -0.120. The van der Waals surface area contributed by atoms with E-state index in [1.165, 1.54) is 0 Å². The second-order valence-electron chi connectivity index (χ2n) is 6.39. The first-order valence-electron chi connectivity index (χ1n) is 8.62. The molecule has 5 heteroatoms. The van der Waals surface area contributed by atoms with Crippen LogP contribution in [0, 0.1) is 0 Å². The quantitative estimate of drug-likeness (QED) is 0.788. The number of rotatable bonds is 4. The third-order valence-corrected chi connectivity index (χ3v) is 5.17. The van der Waals surface area contributed by atoms with Crippen molar-refractivity contribution in [2.24, 2.45) is 0 Å². The van der Waals surface area contributed by atoms with Gasteiger partial charge in [-0.3, -0.25) is 9.69 Å². The Bertz CT molecular complexity index is 760. The first kappa shape index (κ1) is 16.2. The van der Waals surface area contributed by atoms with Gasteiger partial charge in [-0.05, 0) is 42.8 Å². The standard InChI is InChI=1S/C20H20N2O2S/c23-19-18(15-8-3-1-4-9-15)21(14-17-12-7-13-24-17)20(25)22(19)16-10-5-2-6-11-16/h1-6,8-11,17-18H,7,12-14H2/t17-,18-/m0/s1. The Morgan fingerprint density at radius 2 is 1.72 bits per heavy atom. The average Bonchev–Trinajstić information content (AvgIpc) is 3.24. The molecule has 2 aliphatic rings. The van der Waals surface area contributed by atoms with Crippen LogP contribution in [0.4, 0.5) is 5.69 Å². The van der Waals surface area contributed by atoms with Gasteiger partial charge in [0.15, 0.2) is 5.11 Å². The molecule has 2 heterocycles. The highest BCUT2D eigenvalue weighted by molar-refractivity contribution is 7.80. The van der Waals surface area contributed by atoms with Crippen LogP contribution in [0.3, 0.4) is 0 Å². The number of hydrogen-bond acceptors (Lipinski definition) is 3. The first-order valence-corrected chi connectivity index (χ1v) is 9.02. The number of carbonyl (C=O) groups is 1. The van der Waals surface area contributed by atoms with Gasteiger partial charge in [-0.25, -0.2) is 0 Å². The summed E-state index contributed by atoms with van der Waals surface area (Å²) < 4.78 is 5.79. The zero-order chi connectivity index (χ0) is 17.2. The maximum absolute atomic E-state index is 13.3. The fourth-order valence-electron chi connectivity index (χ4n) is 3.55. The van der Waals surface area contributed by atoms with Crippen LogP contribution in [-0.2, 0) is 9.53 Å². The SMILES string of the molecule is O=C1[C@H](c2ccccc2)N(C[C@@H]2CCCO2)C(=S)N1c1ccccc1. The van der Waals surface area contributed by atoms with Crippen LogP contribution in [0.25, 0.3) is 0 Å². The summed E-state index contributed by atoms with van der Waals surface area (Å²) >= 11 is 5.71. The van der Waals surface area contributed by atoms with Gasteiger partial charge in [-0.1, -0.05) is 48.5 Å². The normalized spacial score (nSPS) is 23.5. The average molecular weight is 352 g/mol. The van der Waals surface area contributed by atoms with Crippen LogP contribution in [0.5, 0.6) is 0 Å². The van der Waals surface area contributed by atoms with E-state index in [-0.39, 0.29) is 12.0 Å².